The Morgan fingerprint density at radius 1 is 1.58 bits per heavy atom. The van der Waals surface area contributed by atoms with E-state index in [1.807, 2.05) is 6.92 Å². The zero-order valence-electron chi connectivity index (χ0n) is 7.54. The van der Waals surface area contributed by atoms with E-state index in [0.717, 1.165) is 25.7 Å². The standard InChI is InChI=1S/C9H16O3/c1-2-6-12-9(10)8-5-3-4-7-11-8/h8H,2-7H2,1H3. The monoisotopic (exact) mass is 172 g/mol. The molecular formula is C9H16O3. The minimum absolute atomic E-state index is 0.184. The van der Waals surface area contributed by atoms with Crippen LogP contribution >= 0.6 is 0 Å². The van der Waals surface area contributed by atoms with Gasteiger partial charge < -0.3 is 9.47 Å². The number of esters is 1. The lowest BCUT2D eigenvalue weighted by Gasteiger charge is -2.20. The van der Waals surface area contributed by atoms with Crippen molar-refractivity contribution < 1.29 is 14.3 Å². The minimum Gasteiger partial charge on any atom is -0.464 e. The van der Waals surface area contributed by atoms with Crippen LogP contribution in [0.1, 0.15) is 32.6 Å². The molecule has 1 rings (SSSR count). The fourth-order valence-corrected chi connectivity index (χ4v) is 1.22. The van der Waals surface area contributed by atoms with Crippen LogP contribution < -0.4 is 0 Å². The minimum atomic E-state index is -0.287. The van der Waals surface area contributed by atoms with Crippen molar-refractivity contribution in [2.45, 2.75) is 38.7 Å². The lowest BCUT2D eigenvalue weighted by Crippen LogP contribution is -2.30. The molecule has 0 spiro atoms. The number of ether oxygens (including phenoxy) is 2. The molecule has 1 aliphatic heterocycles. The van der Waals surface area contributed by atoms with Crippen molar-refractivity contribution >= 4 is 5.97 Å². The molecule has 1 heterocycles. The number of hydrogen-bond acceptors (Lipinski definition) is 3. The lowest BCUT2D eigenvalue weighted by molar-refractivity contribution is -0.159. The Bertz CT molecular complexity index is 139. The van der Waals surface area contributed by atoms with Crippen LogP contribution in [0.4, 0.5) is 0 Å². The van der Waals surface area contributed by atoms with E-state index in [-0.39, 0.29) is 12.1 Å². The van der Waals surface area contributed by atoms with Crippen LogP contribution in [0.3, 0.4) is 0 Å². The Labute approximate surface area is 73.0 Å². The van der Waals surface area contributed by atoms with Crippen molar-refractivity contribution in [3.05, 3.63) is 0 Å². The molecule has 3 heteroatoms. The maximum absolute atomic E-state index is 11.2. The fourth-order valence-electron chi connectivity index (χ4n) is 1.22. The Morgan fingerprint density at radius 3 is 3.00 bits per heavy atom. The second kappa shape index (κ2) is 5.14. The van der Waals surface area contributed by atoms with E-state index in [0.29, 0.717) is 13.2 Å². The molecule has 0 bridgehead atoms. The Hall–Kier alpha value is -0.570. The third-order valence-corrected chi connectivity index (χ3v) is 1.89. The molecule has 0 radical (unpaired) electrons. The first-order valence-electron chi connectivity index (χ1n) is 4.63. The van der Waals surface area contributed by atoms with Crippen molar-refractivity contribution in [1.29, 1.82) is 0 Å². The summed E-state index contributed by atoms with van der Waals surface area (Å²) >= 11 is 0. The molecule has 1 saturated heterocycles. The molecule has 0 amide bonds. The Balaban J connectivity index is 2.20. The topological polar surface area (TPSA) is 35.5 Å². The largest absolute Gasteiger partial charge is 0.464 e. The average Bonchev–Trinajstić information content (AvgIpc) is 2.15. The quantitative estimate of drug-likeness (QED) is 0.605. The van der Waals surface area contributed by atoms with Crippen LogP contribution in [-0.4, -0.2) is 25.3 Å². The van der Waals surface area contributed by atoms with E-state index < -0.39 is 0 Å². The van der Waals surface area contributed by atoms with E-state index >= 15 is 0 Å². The first-order valence-corrected chi connectivity index (χ1v) is 4.63. The first kappa shape index (κ1) is 9.52. The van der Waals surface area contributed by atoms with Crippen LogP contribution in [0.15, 0.2) is 0 Å². The Morgan fingerprint density at radius 2 is 2.42 bits per heavy atom. The predicted molar refractivity (Wildman–Crippen MR) is 44.8 cm³/mol. The number of rotatable bonds is 3. The molecule has 0 aliphatic carbocycles. The summed E-state index contributed by atoms with van der Waals surface area (Å²) in [6.45, 7) is 3.19. The zero-order chi connectivity index (χ0) is 8.81. The molecule has 1 unspecified atom stereocenters. The van der Waals surface area contributed by atoms with E-state index in [1.54, 1.807) is 0 Å². The predicted octanol–water partition coefficient (Wildman–Crippen LogP) is 1.51. The average molecular weight is 172 g/mol. The van der Waals surface area contributed by atoms with E-state index in [4.69, 9.17) is 9.47 Å². The third kappa shape index (κ3) is 2.81. The molecule has 0 saturated carbocycles. The van der Waals surface area contributed by atoms with Crippen LogP contribution in [-0.2, 0) is 14.3 Å². The highest BCUT2D eigenvalue weighted by atomic mass is 16.6. The highest BCUT2D eigenvalue weighted by Gasteiger charge is 2.22. The van der Waals surface area contributed by atoms with E-state index in [1.165, 1.54) is 0 Å². The summed E-state index contributed by atoms with van der Waals surface area (Å²) in [6.07, 6.45) is 3.55. The van der Waals surface area contributed by atoms with Gasteiger partial charge in [0.15, 0.2) is 6.10 Å². The Kier molecular flexibility index (Phi) is 4.08. The zero-order valence-corrected chi connectivity index (χ0v) is 7.54. The second-order valence-electron chi connectivity index (χ2n) is 3.02. The summed E-state index contributed by atoms with van der Waals surface area (Å²) in [5.41, 5.74) is 0. The van der Waals surface area contributed by atoms with Gasteiger partial charge in [0.25, 0.3) is 0 Å². The molecule has 1 atom stereocenters. The summed E-state index contributed by atoms with van der Waals surface area (Å²) < 4.78 is 10.2. The van der Waals surface area contributed by atoms with Gasteiger partial charge in [0, 0.05) is 6.61 Å². The smallest absolute Gasteiger partial charge is 0.335 e. The highest BCUT2D eigenvalue weighted by molar-refractivity contribution is 5.74. The molecule has 1 fully saturated rings. The highest BCUT2D eigenvalue weighted by Crippen LogP contribution is 2.13. The normalized spacial score (nSPS) is 23.6. The summed E-state index contributed by atoms with van der Waals surface area (Å²) in [4.78, 5) is 11.2. The van der Waals surface area contributed by atoms with Gasteiger partial charge in [-0.05, 0) is 25.7 Å². The summed E-state index contributed by atoms with van der Waals surface area (Å²) in [6, 6.07) is 0. The van der Waals surface area contributed by atoms with Crippen LogP contribution in [0, 0.1) is 0 Å². The lowest BCUT2D eigenvalue weighted by atomic mass is 10.1. The summed E-state index contributed by atoms with van der Waals surface area (Å²) in [5.74, 6) is -0.184. The number of hydrogen-bond donors (Lipinski definition) is 0. The van der Waals surface area contributed by atoms with Gasteiger partial charge >= 0.3 is 5.97 Å². The molecule has 70 valence electrons. The van der Waals surface area contributed by atoms with E-state index in [2.05, 4.69) is 0 Å². The molecule has 0 aromatic heterocycles. The van der Waals surface area contributed by atoms with Crippen LogP contribution in [0.25, 0.3) is 0 Å². The third-order valence-electron chi connectivity index (χ3n) is 1.89. The summed E-state index contributed by atoms with van der Waals surface area (Å²) in [7, 11) is 0. The van der Waals surface area contributed by atoms with Crippen LogP contribution in [0.2, 0.25) is 0 Å². The fraction of sp³-hybridized carbons (Fsp3) is 0.889. The van der Waals surface area contributed by atoms with Crippen LogP contribution in [0.5, 0.6) is 0 Å². The van der Waals surface area contributed by atoms with Gasteiger partial charge in [-0.25, -0.2) is 4.79 Å². The molecule has 12 heavy (non-hydrogen) atoms. The van der Waals surface area contributed by atoms with Gasteiger partial charge in [-0.1, -0.05) is 6.92 Å². The van der Waals surface area contributed by atoms with E-state index in [9.17, 15) is 4.79 Å². The number of carbonyl (C=O) groups is 1. The SMILES string of the molecule is CCCOC(=O)C1CCCCO1. The second-order valence-corrected chi connectivity index (χ2v) is 3.02. The van der Waals surface area contributed by atoms with Crippen molar-refractivity contribution in [2.24, 2.45) is 0 Å². The summed E-state index contributed by atoms with van der Waals surface area (Å²) in [5, 5.41) is 0. The molecule has 1 aliphatic rings. The van der Waals surface area contributed by atoms with Gasteiger partial charge in [0.1, 0.15) is 0 Å². The molecule has 0 aromatic rings. The molecular weight excluding hydrogens is 156 g/mol. The number of carbonyl (C=O) groups excluding carboxylic acids is 1. The van der Waals surface area contributed by atoms with Crippen molar-refractivity contribution in [3.8, 4) is 0 Å². The van der Waals surface area contributed by atoms with Crippen molar-refractivity contribution in [2.75, 3.05) is 13.2 Å². The van der Waals surface area contributed by atoms with Crippen molar-refractivity contribution in [3.63, 3.8) is 0 Å². The van der Waals surface area contributed by atoms with Gasteiger partial charge in [0.05, 0.1) is 6.61 Å². The van der Waals surface area contributed by atoms with Gasteiger partial charge in [0.2, 0.25) is 0 Å². The molecule has 3 nitrogen and oxygen atoms in total. The van der Waals surface area contributed by atoms with Gasteiger partial charge in [-0.15, -0.1) is 0 Å². The molecule has 0 aromatic carbocycles. The van der Waals surface area contributed by atoms with Crippen molar-refractivity contribution in [1.82, 2.24) is 0 Å². The van der Waals surface area contributed by atoms with Gasteiger partial charge in [-0.2, -0.15) is 0 Å². The molecule has 0 N–H and O–H groups in total. The van der Waals surface area contributed by atoms with Gasteiger partial charge in [-0.3, -0.25) is 0 Å². The maximum Gasteiger partial charge on any atom is 0.335 e. The first-order chi connectivity index (χ1) is 5.84. The maximum atomic E-state index is 11.2.